The third-order valence-electron chi connectivity index (χ3n) is 0.478. The third-order valence-corrected chi connectivity index (χ3v) is 0.478. The van der Waals surface area contributed by atoms with Crippen LogP contribution in [0.3, 0.4) is 0 Å². The maximum absolute atomic E-state index is 3.72. The van der Waals surface area contributed by atoms with Crippen LogP contribution in [0.1, 0.15) is 0 Å². The molecule has 0 N–H and O–H groups in total. The molecule has 0 aromatic carbocycles. The van der Waals surface area contributed by atoms with E-state index in [1.54, 1.807) is 24.8 Å². The van der Waals surface area contributed by atoms with Gasteiger partial charge in [0.2, 0.25) is 0 Å². The number of aromatic nitrogens is 2. The zero-order chi connectivity index (χ0) is 4.24. The molecular formula is C4H4N4. The van der Waals surface area contributed by atoms with E-state index in [-0.39, 0.29) is 12.3 Å². The van der Waals surface area contributed by atoms with Crippen molar-refractivity contribution in [2.45, 2.75) is 0 Å². The van der Waals surface area contributed by atoms with Gasteiger partial charge in [0.25, 0.3) is 0 Å². The fraction of sp³-hybridized carbons (Fsp3) is 0. The highest BCUT2D eigenvalue weighted by molar-refractivity contribution is 4.70. The molecule has 0 aliphatic rings. The predicted octanol–water partition coefficient (Wildman–Crippen LogP) is -0.485. The molecule has 4 nitrogen and oxygen atoms in total. The van der Waals surface area contributed by atoms with Crippen LogP contribution >= 0.6 is 0 Å². The number of nitrogens with zero attached hydrogens (tertiary/aromatic N) is 4. The monoisotopic (exact) mass is 108 g/mol. The van der Waals surface area contributed by atoms with E-state index in [1.807, 2.05) is 0 Å². The lowest BCUT2D eigenvalue weighted by Gasteiger charge is -1.70. The molecule has 8 heavy (non-hydrogen) atoms. The van der Waals surface area contributed by atoms with E-state index in [0.29, 0.717) is 0 Å². The van der Waals surface area contributed by atoms with E-state index >= 15 is 0 Å². The minimum absolute atomic E-state index is 0. The number of hydrogen-bond acceptors (Lipinski definition) is 2. The molecule has 1 aromatic rings. The Bertz CT molecular complexity index is 80.0. The summed E-state index contributed by atoms with van der Waals surface area (Å²) in [5, 5.41) is 0. The van der Waals surface area contributed by atoms with Gasteiger partial charge in [0.15, 0.2) is 0 Å². The Balaban J connectivity index is 0. The summed E-state index contributed by atoms with van der Waals surface area (Å²) >= 11 is 0. The molecule has 0 bridgehead atoms. The van der Waals surface area contributed by atoms with Crippen molar-refractivity contribution >= 4 is 0 Å². The summed E-state index contributed by atoms with van der Waals surface area (Å²) < 4.78 is 0. The first-order chi connectivity index (χ1) is 3.00. The van der Waals surface area contributed by atoms with Gasteiger partial charge in [0, 0.05) is 37.1 Å². The Morgan fingerprint density at radius 3 is 1.00 bits per heavy atom. The van der Waals surface area contributed by atoms with E-state index in [0.717, 1.165) is 0 Å². The highest BCUT2D eigenvalue weighted by Crippen LogP contribution is 1.65. The van der Waals surface area contributed by atoms with Gasteiger partial charge in [-0.2, -0.15) is 0 Å². The standard InChI is InChI=1S/C4H4N2.2N/c1-2-6-4-3-5-1;;/h1-4H;;. The molecule has 0 atom stereocenters. The fourth-order valence-corrected chi connectivity index (χ4v) is 0.253. The second-order valence-electron chi connectivity index (χ2n) is 0.894. The van der Waals surface area contributed by atoms with Crippen LogP contribution in [0.4, 0.5) is 0 Å². The third kappa shape index (κ3) is 3.20. The van der Waals surface area contributed by atoms with Crippen molar-refractivity contribution in [1.82, 2.24) is 22.3 Å². The van der Waals surface area contributed by atoms with Crippen LogP contribution in [0.15, 0.2) is 24.8 Å². The van der Waals surface area contributed by atoms with Crippen LogP contribution in [0.5, 0.6) is 0 Å². The summed E-state index contributed by atoms with van der Waals surface area (Å²) in [6.45, 7) is 0. The maximum atomic E-state index is 3.72. The lowest BCUT2D eigenvalue weighted by atomic mass is 10.8. The SMILES string of the molecule is [N].[N].c1cnccn1. The molecule has 0 spiro atoms. The molecule has 0 amide bonds. The lowest BCUT2D eigenvalue weighted by Crippen LogP contribution is -1.66. The molecular weight excluding hydrogens is 104 g/mol. The topological polar surface area (TPSA) is 86.8 Å². The van der Waals surface area contributed by atoms with Gasteiger partial charge in [-0.1, -0.05) is 0 Å². The Kier molecular flexibility index (Phi) is 7.56. The Morgan fingerprint density at radius 2 is 0.875 bits per heavy atom. The van der Waals surface area contributed by atoms with Gasteiger partial charge in [0.1, 0.15) is 0 Å². The van der Waals surface area contributed by atoms with Crippen molar-refractivity contribution in [3.63, 3.8) is 0 Å². The van der Waals surface area contributed by atoms with Crippen molar-refractivity contribution in [3.05, 3.63) is 24.8 Å². The Labute approximate surface area is 48.1 Å². The van der Waals surface area contributed by atoms with Crippen LogP contribution in [-0.4, -0.2) is 9.97 Å². The summed E-state index contributed by atoms with van der Waals surface area (Å²) in [5.74, 6) is 0. The summed E-state index contributed by atoms with van der Waals surface area (Å²) in [6.07, 6.45) is 6.56. The molecule has 0 fully saturated rings. The molecule has 1 rings (SSSR count). The van der Waals surface area contributed by atoms with Crippen molar-refractivity contribution in [3.8, 4) is 0 Å². The summed E-state index contributed by atoms with van der Waals surface area (Å²) in [4.78, 5) is 7.44. The minimum atomic E-state index is 0. The first-order valence-electron chi connectivity index (χ1n) is 1.70. The summed E-state index contributed by atoms with van der Waals surface area (Å²) in [7, 11) is 0. The second kappa shape index (κ2) is 6.00. The van der Waals surface area contributed by atoms with E-state index in [1.165, 1.54) is 0 Å². The lowest BCUT2D eigenvalue weighted by molar-refractivity contribution is 1.20. The zero-order valence-electron chi connectivity index (χ0n) is 4.10. The predicted molar refractivity (Wildman–Crippen MR) is 26.3 cm³/mol. The van der Waals surface area contributed by atoms with Crippen molar-refractivity contribution < 1.29 is 0 Å². The molecule has 40 valence electrons. The number of hydrogen-bond donors (Lipinski definition) is 0. The van der Waals surface area contributed by atoms with E-state index in [9.17, 15) is 0 Å². The average molecular weight is 108 g/mol. The van der Waals surface area contributed by atoms with Gasteiger partial charge in [-0.15, -0.1) is 0 Å². The van der Waals surface area contributed by atoms with Gasteiger partial charge >= 0.3 is 0 Å². The smallest absolute Gasteiger partial charge is 0.0451 e. The maximum Gasteiger partial charge on any atom is 0.0451 e. The average Bonchev–Trinajstić information content (AvgIpc) is 1.72. The van der Waals surface area contributed by atoms with Crippen molar-refractivity contribution in [2.24, 2.45) is 0 Å². The summed E-state index contributed by atoms with van der Waals surface area (Å²) in [6, 6.07) is 0. The molecule has 0 unspecified atom stereocenters. The highest BCUT2D eigenvalue weighted by Gasteiger charge is 1.59. The van der Waals surface area contributed by atoms with Gasteiger partial charge in [0.05, 0.1) is 0 Å². The largest absolute Gasteiger partial charge is 0.262 e. The second-order valence-corrected chi connectivity index (χ2v) is 0.894. The molecule has 0 aliphatic carbocycles. The van der Waals surface area contributed by atoms with E-state index in [4.69, 9.17) is 0 Å². The molecule has 0 saturated carbocycles. The minimum Gasteiger partial charge on any atom is -0.262 e. The van der Waals surface area contributed by atoms with E-state index < -0.39 is 0 Å². The molecule has 4 heteroatoms. The molecule has 1 aromatic heterocycles. The van der Waals surface area contributed by atoms with Crippen molar-refractivity contribution in [1.29, 1.82) is 0 Å². The molecule has 0 aliphatic heterocycles. The van der Waals surface area contributed by atoms with Gasteiger partial charge in [-0.3, -0.25) is 9.97 Å². The fourth-order valence-electron chi connectivity index (χ4n) is 0.253. The normalized spacial score (nSPS) is 6.00. The molecule has 0 saturated heterocycles. The van der Waals surface area contributed by atoms with Gasteiger partial charge in [-0.25, -0.2) is 0 Å². The Morgan fingerprint density at radius 1 is 0.625 bits per heavy atom. The van der Waals surface area contributed by atoms with E-state index in [2.05, 4.69) is 9.97 Å². The van der Waals surface area contributed by atoms with Gasteiger partial charge in [-0.05, 0) is 0 Å². The molecule has 1 heterocycles. The Hall–Kier alpha value is -1.00. The van der Waals surface area contributed by atoms with Crippen LogP contribution in [0.2, 0.25) is 0 Å². The summed E-state index contributed by atoms with van der Waals surface area (Å²) in [5.41, 5.74) is 0. The van der Waals surface area contributed by atoms with Crippen LogP contribution in [-0.2, 0) is 0 Å². The zero-order valence-corrected chi connectivity index (χ0v) is 4.10. The van der Waals surface area contributed by atoms with Crippen LogP contribution < -0.4 is 12.3 Å². The van der Waals surface area contributed by atoms with Gasteiger partial charge < -0.3 is 0 Å². The number of rotatable bonds is 0. The molecule has 6 radical (unpaired) electrons. The first kappa shape index (κ1) is 10.1. The van der Waals surface area contributed by atoms with Crippen molar-refractivity contribution in [2.75, 3.05) is 0 Å². The van der Waals surface area contributed by atoms with Crippen LogP contribution in [0.25, 0.3) is 0 Å². The first-order valence-corrected chi connectivity index (χ1v) is 1.70. The highest BCUT2D eigenvalue weighted by atomic mass is 14.7. The quantitative estimate of drug-likeness (QED) is 0.449. The van der Waals surface area contributed by atoms with Crippen LogP contribution in [0, 0.1) is 0 Å².